The molecule has 2 atom stereocenters. The smallest absolute Gasteiger partial charge is 0.306 e. The number of rotatable bonds is 17. The lowest BCUT2D eigenvalue weighted by atomic mass is 9.67. The Kier molecular flexibility index (Phi) is 14.8. The van der Waals surface area contributed by atoms with Gasteiger partial charge >= 0.3 is 5.97 Å². The van der Waals surface area contributed by atoms with Gasteiger partial charge in [-0.25, -0.2) is 0 Å². The molecule has 1 aliphatic rings. The second kappa shape index (κ2) is 16.2. The van der Waals surface area contributed by atoms with Crippen LogP contribution in [0.5, 0.6) is 0 Å². The van der Waals surface area contributed by atoms with E-state index >= 15 is 0 Å². The zero-order chi connectivity index (χ0) is 22.2. The molecule has 0 saturated heterocycles. The maximum atomic E-state index is 12.2. The van der Waals surface area contributed by atoms with E-state index in [9.17, 15) is 4.79 Å². The molecular weight excluding hydrogens is 368 g/mol. The first-order valence-corrected chi connectivity index (χ1v) is 13.5. The molecule has 0 aromatic carbocycles. The Balaban J connectivity index is 1.89. The van der Waals surface area contributed by atoms with Crippen molar-refractivity contribution >= 4 is 5.97 Å². The van der Waals surface area contributed by atoms with Gasteiger partial charge in [0.1, 0.15) is 6.10 Å². The molecule has 0 aliphatic heterocycles. The summed E-state index contributed by atoms with van der Waals surface area (Å²) in [5.74, 6) is 1.57. The van der Waals surface area contributed by atoms with Gasteiger partial charge in [0, 0.05) is 6.42 Å². The molecule has 1 aliphatic carbocycles. The van der Waals surface area contributed by atoms with Gasteiger partial charge in [-0.05, 0) is 49.4 Å². The van der Waals surface area contributed by atoms with Crippen LogP contribution in [0, 0.1) is 17.3 Å². The SMILES string of the molecule is CC(C)CCCCCCCCCCCCCCC(=O)OC1CCCC(C)(C(C)C)C1. The highest BCUT2D eigenvalue weighted by atomic mass is 16.5. The molecule has 1 fully saturated rings. The van der Waals surface area contributed by atoms with Gasteiger partial charge in [0.2, 0.25) is 0 Å². The third kappa shape index (κ3) is 13.0. The first-order valence-electron chi connectivity index (χ1n) is 13.5. The summed E-state index contributed by atoms with van der Waals surface area (Å²) in [6.07, 6.45) is 22.9. The number of esters is 1. The Bertz CT molecular complexity index is 428. The minimum Gasteiger partial charge on any atom is -0.462 e. The lowest BCUT2D eigenvalue weighted by molar-refractivity contribution is -0.153. The summed E-state index contributed by atoms with van der Waals surface area (Å²) in [5, 5.41) is 0. The Morgan fingerprint density at radius 1 is 0.833 bits per heavy atom. The third-order valence-electron chi connectivity index (χ3n) is 7.57. The molecule has 0 N–H and O–H groups in total. The van der Waals surface area contributed by atoms with Crippen LogP contribution in [0.25, 0.3) is 0 Å². The molecule has 2 nitrogen and oxygen atoms in total. The summed E-state index contributed by atoms with van der Waals surface area (Å²) in [5.41, 5.74) is 0.344. The molecule has 30 heavy (non-hydrogen) atoms. The number of hydrogen-bond donors (Lipinski definition) is 0. The summed E-state index contributed by atoms with van der Waals surface area (Å²) < 4.78 is 5.82. The van der Waals surface area contributed by atoms with Crippen molar-refractivity contribution in [3.63, 3.8) is 0 Å². The Morgan fingerprint density at radius 2 is 1.33 bits per heavy atom. The van der Waals surface area contributed by atoms with Crippen LogP contribution in [-0.2, 0) is 9.53 Å². The van der Waals surface area contributed by atoms with Gasteiger partial charge in [0.15, 0.2) is 0 Å². The standard InChI is InChI=1S/C28H54O2/c1-24(2)19-16-14-12-10-8-6-7-9-11-13-15-17-21-27(29)30-26-20-18-22-28(5,23-26)25(3)4/h24-26H,6-23H2,1-5H3. The van der Waals surface area contributed by atoms with Crippen LogP contribution in [0.4, 0.5) is 0 Å². The van der Waals surface area contributed by atoms with E-state index in [-0.39, 0.29) is 12.1 Å². The van der Waals surface area contributed by atoms with E-state index in [1.54, 1.807) is 0 Å². The van der Waals surface area contributed by atoms with Crippen LogP contribution in [0.2, 0.25) is 0 Å². The van der Waals surface area contributed by atoms with Crippen LogP contribution in [-0.4, -0.2) is 12.1 Å². The predicted molar refractivity (Wildman–Crippen MR) is 131 cm³/mol. The van der Waals surface area contributed by atoms with Gasteiger partial charge in [-0.15, -0.1) is 0 Å². The van der Waals surface area contributed by atoms with Crippen molar-refractivity contribution in [2.45, 2.75) is 156 Å². The Labute approximate surface area is 189 Å². The van der Waals surface area contributed by atoms with E-state index in [0.717, 1.165) is 25.2 Å². The van der Waals surface area contributed by atoms with Crippen molar-refractivity contribution in [1.82, 2.24) is 0 Å². The Hall–Kier alpha value is -0.530. The Morgan fingerprint density at radius 3 is 1.83 bits per heavy atom. The van der Waals surface area contributed by atoms with Gasteiger partial charge in [0.25, 0.3) is 0 Å². The van der Waals surface area contributed by atoms with Gasteiger partial charge in [0.05, 0.1) is 0 Å². The second-order valence-electron chi connectivity index (χ2n) is 11.2. The zero-order valence-electron chi connectivity index (χ0n) is 21.3. The topological polar surface area (TPSA) is 26.3 Å². The maximum Gasteiger partial charge on any atom is 0.306 e. The summed E-state index contributed by atoms with van der Waals surface area (Å²) in [6.45, 7) is 11.6. The van der Waals surface area contributed by atoms with E-state index in [2.05, 4.69) is 34.6 Å². The molecule has 0 aromatic heterocycles. The molecular formula is C28H54O2. The fourth-order valence-electron chi connectivity index (χ4n) is 4.92. The van der Waals surface area contributed by atoms with Gasteiger partial charge in [-0.1, -0.05) is 112 Å². The fraction of sp³-hybridized carbons (Fsp3) is 0.964. The first-order chi connectivity index (χ1) is 14.3. The van der Waals surface area contributed by atoms with Crippen molar-refractivity contribution in [2.75, 3.05) is 0 Å². The highest BCUT2D eigenvalue weighted by Crippen LogP contribution is 2.42. The average Bonchev–Trinajstić information content (AvgIpc) is 2.68. The maximum absolute atomic E-state index is 12.2. The molecule has 2 heteroatoms. The van der Waals surface area contributed by atoms with E-state index < -0.39 is 0 Å². The van der Waals surface area contributed by atoms with E-state index in [1.807, 2.05) is 0 Å². The molecule has 1 rings (SSSR count). The van der Waals surface area contributed by atoms with Crippen molar-refractivity contribution in [3.05, 3.63) is 0 Å². The molecule has 0 heterocycles. The first kappa shape index (κ1) is 27.5. The monoisotopic (exact) mass is 422 g/mol. The lowest BCUT2D eigenvalue weighted by Gasteiger charge is -2.40. The predicted octanol–water partition coefficient (Wildman–Crippen LogP) is 9.25. The van der Waals surface area contributed by atoms with E-state index in [0.29, 0.717) is 17.8 Å². The number of carbonyl (C=O) groups excluding carboxylic acids is 1. The highest BCUT2D eigenvalue weighted by molar-refractivity contribution is 5.69. The van der Waals surface area contributed by atoms with E-state index in [4.69, 9.17) is 4.74 Å². The zero-order valence-corrected chi connectivity index (χ0v) is 21.3. The molecule has 0 radical (unpaired) electrons. The second-order valence-corrected chi connectivity index (χ2v) is 11.2. The summed E-state index contributed by atoms with van der Waals surface area (Å²) >= 11 is 0. The normalized spacial score (nSPS) is 22.0. The quantitative estimate of drug-likeness (QED) is 0.172. The number of unbranched alkanes of at least 4 members (excludes halogenated alkanes) is 11. The summed E-state index contributed by atoms with van der Waals surface area (Å²) in [7, 11) is 0. The van der Waals surface area contributed by atoms with Crippen LogP contribution in [0.15, 0.2) is 0 Å². The number of ether oxygens (including phenoxy) is 1. The fourth-order valence-corrected chi connectivity index (χ4v) is 4.92. The van der Waals surface area contributed by atoms with Crippen LogP contribution < -0.4 is 0 Å². The lowest BCUT2D eigenvalue weighted by Crippen LogP contribution is -2.35. The van der Waals surface area contributed by atoms with Crippen molar-refractivity contribution in [1.29, 1.82) is 0 Å². The van der Waals surface area contributed by atoms with Crippen molar-refractivity contribution in [3.8, 4) is 0 Å². The number of carbonyl (C=O) groups is 1. The average molecular weight is 423 g/mol. The molecule has 0 spiro atoms. The largest absolute Gasteiger partial charge is 0.462 e. The van der Waals surface area contributed by atoms with E-state index in [1.165, 1.54) is 89.9 Å². The van der Waals surface area contributed by atoms with Crippen LogP contribution >= 0.6 is 0 Å². The summed E-state index contributed by atoms with van der Waals surface area (Å²) in [4.78, 5) is 12.2. The van der Waals surface area contributed by atoms with Crippen LogP contribution in [0.1, 0.15) is 150 Å². The van der Waals surface area contributed by atoms with Crippen LogP contribution in [0.3, 0.4) is 0 Å². The van der Waals surface area contributed by atoms with Crippen molar-refractivity contribution < 1.29 is 9.53 Å². The van der Waals surface area contributed by atoms with Gasteiger partial charge < -0.3 is 4.74 Å². The van der Waals surface area contributed by atoms with Crippen molar-refractivity contribution in [2.24, 2.45) is 17.3 Å². The highest BCUT2D eigenvalue weighted by Gasteiger charge is 2.36. The van der Waals surface area contributed by atoms with Gasteiger partial charge in [-0.3, -0.25) is 4.79 Å². The molecule has 0 aromatic rings. The molecule has 1 saturated carbocycles. The third-order valence-corrected chi connectivity index (χ3v) is 7.57. The number of hydrogen-bond acceptors (Lipinski definition) is 2. The van der Waals surface area contributed by atoms with Gasteiger partial charge in [-0.2, -0.15) is 0 Å². The molecule has 2 unspecified atom stereocenters. The molecule has 178 valence electrons. The summed E-state index contributed by atoms with van der Waals surface area (Å²) in [6, 6.07) is 0. The minimum absolute atomic E-state index is 0.0430. The molecule has 0 amide bonds. The molecule has 0 bridgehead atoms. The minimum atomic E-state index is 0.0430.